The summed E-state index contributed by atoms with van der Waals surface area (Å²) in [6.07, 6.45) is 0. The number of hydrogen-bond donors (Lipinski definition) is 0. The van der Waals surface area contributed by atoms with Gasteiger partial charge in [0.25, 0.3) is 5.22 Å². The number of carbonyl (C=O) groups is 1. The number of aryl methyl sites for hydroxylation is 4. The molecule has 0 atom stereocenters. The Bertz CT molecular complexity index is 1230. The van der Waals surface area contributed by atoms with Gasteiger partial charge in [0.1, 0.15) is 0 Å². The molecule has 0 saturated heterocycles. The van der Waals surface area contributed by atoms with E-state index in [4.69, 9.17) is 4.42 Å². The summed E-state index contributed by atoms with van der Waals surface area (Å²) in [5.74, 6) is 0.749. The van der Waals surface area contributed by atoms with Crippen LogP contribution in [0.1, 0.15) is 38.4 Å². The van der Waals surface area contributed by atoms with Gasteiger partial charge in [0.2, 0.25) is 5.89 Å². The zero-order chi connectivity index (χ0) is 22.1. The van der Waals surface area contributed by atoms with Gasteiger partial charge in [-0.2, -0.15) is 0 Å². The molecule has 0 fully saturated rings. The number of nitrogens with zero attached hydrogens (tertiary/aromatic N) is 3. The zero-order valence-electron chi connectivity index (χ0n) is 18.4. The summed E-state index contributed by atoms with van der Waals surface area (Å²) in [7, 11) is 0. The van der Waals surface area contributed by atoms with Gasteiger partial charge >= 0.3 is 0 Å². The highest BCUT2D eigenvalue weighted by atomic mass is 32.2. The van der Waals surface area contributed by atoms with Crippen molar-refractivity contribution in [3.63, 3.8) is 0 Å². The molecule has 0 N–H and O–H groups in total. The van der Waals surface area contributed by atoms with Gasteiger partial charge in [-0.25, -0.2) is 0 Å². The smallest absolute Gasteiger partial charge is 0.277 e. The summed E-state index contributed by atoms with van der Waals surface area (Å²) in [6.45, 7) is 10.2. The normalized spacial score (nSPS) is 11.1. The molecule has 2 aromatic heterocycles. The number of rotatable bonds is 6. The van der Waals surface area contributed by atoms with Crippen molar-refractivity contribution in [1.29, 1.82) is 0 Å². The van der Waals surface area contributed by atoms with Gasteiger partial charge in [0, 0.05) is 28.2 Å². The standard InChI is InChI=1S/C25H25N3O2S/c1-15-6-8-20(9-7-15)24-26-27-25(30-24)31-14-23(29)22-13-18(4)28(19(22)5)21-11-16(2)10-17(3)12-21/h6-13H,14H2,1-5H3. The molecule has 5 nitrogen and oxygen atoms in total. The van der Waals surface area contributed by atoms with E-state index in [0.717, 1.165) is 28.2 Å². The average Bonchev–Trinajstić information content (AvgIpc) is 3.30. The fourth-order valence-electron chi connectivity index (χ4n) is 3.81. The molecule has 0 spiro atoms. The lowest BCUT2D eigenvalue weighted by Gasteiger charge is -2.12. The van der Waals surface area contributed by atoms with E-state index in [9.17, 15) is 4.79 Å². The number of ketones is 1. The molecule has 6 heteroatoms. The molecule has 0 bridgehead atoms. The summed E-state index contributed by atoms with van der Waals surface area (Å²) >= 11 is 1.27. The Balaban J connectivity index is 1.50. The van der Waals surface area contributed by atoms with Crippen molar-refractivity contribution in [3.8, 4) is 17.1 Å². The fraction of sp³-hybridized carbons (Fsp3) is 0.240. The highest BCUT2D eigenvalue weighted by Gasteiger charge is 2.18. The Kier molecular flexibility index (Phi) is 5.83. The minimum Gasteiger partial charge on any atom is -0.411 e. The van der Waals surface area contributed by atoms with Crippen LogP contribution in [0.25, 0.3) is 17.1 Å². The van der Waals surface area contributed by atoms with E-state index in [1.54, 1.807) is 0 Å². The van der Waals surface area contributed by atoms with Crippen molar-refractivity contribution in [3.05, 3.63) is 82.2 Å². The molecule has 0 unspecified atom stereocenters. The molecule has 0 amide bonds. The van der Waals surface area contributed by atoms with Crippen molar-refractivity contribution < 1.29 is 9.21 Å². The summed E-state index contributed by atoms with van der Waals surface area (Å²) in [4.78, 5) is 13.0. The van der Waals surface area contributed by atoms with Crippen molar-refractivity contribution in [2.24, 2.45) is 0 Å². The first-order valence-electron chi connectivity index (χ1n) is 10.2. The van der Waals surface area contributed by atoms with Gasteiger partial charge < -0.3 is 8.98 Å². The predicted octanol–water partition coefficient (Wildman–Crippen LogP) is 6.04. The first kappa shape index (κ1) is 21.1. The Hall–Kier alpha value is -3.12. The summed E-state index contributed by atoms with van der Waals surface area (Å²) in [5, 5.41) is 8.58. The molecule has 4 rings (SSSR count). The van der Waals surface area contributed by atoms with E-state index in [1.165, 1.54) is 28.5 Å². The van der Waals surface area contributed by atoms with E-state index in [0.29, 0.717) is 11.1 Å². The lowest BCUT2D eigenvalue weighted by Crippen LogP contribution is -2.06. The third-order valence-electron chi connectivity index (χ3n) is 5.23. The van der Waals surface area contributed by atoms with Crippen LogP contribution in [0, 0.1) is 34.6 Å². The molecule has 2 heterocycles. The van der Waals surface area contributed by atoms with Crippen LogP contribution < -0.4 is 0 Å². The Morgan fingerprint density at radius 3 is 2.26 bits per heavy atom. The van der Waals surface area contributed by atoms with Gasteiger partial charge in [-0.05, 0) is 76.1 Å². The molecular weight excluding hydrogens is 406 g/mol. The molecular formula is C25H25N3O2S. The maximum absolute atomic E-state index is 13.0. The van der Waals surface area contributed by atoms with Crippen LogP contribution in [-0.4, -0.2) is 26.3 Å². The first-order chi connectivity index (χ1) is 14.8. The van der Waals surface area contributed by atoms with Crippen molar-refractivity contribution in [1.82, 2.24) is 14.8 Å². The second kappa shape index (κ2) is 8.55. The summed E-state index contributed by atoms with van der Waals surface area (Å²) in [5.41, 5.74) is 8.23. The Labute approximate surface area is 186 Å². The van der Waals surface area contributed by atoms with E-state index in [-0.39, 0.29) is 11.5 Å². The topological polar surface area (TPSA) is 60.9 Å². The maximum atomic E-state index is 13.0. The minimum absolute atomic E-state index is 0.0452. The molecule has 0 saturated carbocycles. The van der Waals surface area contributed by atoms with Crippen LogP contribution in [0.15, 0.2) is 58.2 Å². The van der Waals surface area contributed by atoms with E-state index < -0.39 is 0 Å². The summed E-state index contributed by atoms with van der Waals surface area (Å²) < 4.78 is 7.87. The average molecular weight is 432 g/mol. The molecule has 0 radical (unpaired) electrons. The Morgan fingerprint density at radius 2 is 1.58 bits per heavy atom. The number of Topliss-reactive ketones (excluding diaryl/α,β-unsaturated/α-hetero) is 1. The second-order valence-corrected chi connectivity index (χ2v) is 8.84. The van der Waals surface area contributed by atoms with Gasteiger partial charge in [0.15, 0.2) is 5.78 Å². The zero-order valence-corrected chi connectivity index (χ0v) is 19.2. The van der Waals surface area contributed by atoms with Gasteiger partial charge in [-0.1, -0.05) is 35.5 Å². The number of carbonyl (C=O) groups excluding carboxylic acids is 1. The minimum atomic E-state index is 0.0452. The third kappa shape index (κ3) is 4.49. The lowest BCUT2D eigenvalue weighted by molar-refractivity contribution is 0.102. The van der Waals surface area contributed by atoms with Crippen LogP contribution >= 0.6 is 11.8 Å². The lowest BCUT2D eigenvalue weighted by atomic mass is 10.1. The third-order valence-corrected chi connectivity index (χ3v) is 6.05. The maximum Gasteiger partial charge on any atom is 0.277 e. The SMILES string of the molecule is Cc1ccc(-c2nnc(SCC(=O)c3cc(C)n(-c4cc(C)cc(C)c4)c3C)o2)cc1. The number of aromatic nitrogens is 3. The van der Waals surface area contributed by atoms with Crippen LogP contribution in [0.4, 0.5) is 0 Å². The van der Waals surface area contributed by atoms with Gasteiger partial charge in [-0.15, -0.1) is 10.2 Å². The number of hydrogen-bond acceptors (Lipinski definition) is 5. The molecule has 158 valence electrons. The molecule has 0 aliphatic heterocycles. The fourth-order valence-corrected chi connectivity index (χ4v) is 4.45. The molecule has 0 aliphatic carbocycles. The van der Waals surface area contributed by atoms with Crippen LogP contribution in [-0.2, 0) is 0 Å². The monoisotopic (exact) mass is 431 g/mol. The van der Waals surface area contributed by atoms with Crippen molar-refractivity contribution >= 4 is 17.5 Å². The number of benzene rings is 2. The van der Waals surface area contributed by atoms with Crippen LogP contribution in [0.2, 0.25) is 0 Å². The second-order valence-electron chi connectivity index (χ2n) is 7.92. The molecule has 4 aromatic rings. The van der Waals surface area contributed by atoms with E-state index in [2.05, 4.69) is 46.8 Å². The van der Waals surface area contributed by atoms with Gasteiger partial charge in [-0.3, -0.25) is 4.79 Å². The van der Waals surface area contributed by atoms with Crippen molar-refractivity contribution in [2.75, 3.05) is 5.75 Å². The van der Waals surface area contributed by atoms with Gasteiger partial charge in [0.05, 0.1) is 5.75 Å². The molecule has 0 aliphatic rings. The molecule has 2 aromatic carbocycles. The summed E-state index contributed by atoms with van der Waals surface area (Å²) in [6, 6.07) is 16.3. The van der Waals surface area contributed by atoms with E-state index in [1.807, 2.05) is 51.1 Å². The highest BCUT2D eigenvalue weighted by Crippen LogP contribution is 2.27. The highest BCUT2D eigenvalue weighted by molar-refractivity contribution is 7.99. The van der Waals surface area contributed by atoms with Crippen molar-refractivity contribution in [2.45, 2.75) is 39.8 Å². The predicted molar refractivity (Wildman–Crippen MR) is 124 cm³/mol. The number of thioether (sulfide) groups is 1. The Morgan fingerprint density at radius 1 is 0.903 bits per heavy atom. The quantitative estimate of drug-likeness (QED) is 0.275. The van der Waals surface area contributed by atoms with E-state index >= 15 is 0 Å². The molecule has 31 heavy (non-hydrogen) atoms. The van der Waals surface area contributed by atoms with Crippen LogP contribution in [0.3, 0.4) is 0 Å². The largest absolute Gasteiger partial charge is 0.411 e. The van der Waals surface area contributed by atoms with Crippen LogP contribution in [0.5, 0.6) is 0 Å². The first-order valence-corrected chi connectivity index (χ1v) is 11.1.